The Kier molecular flexibility index (Phi) is 5.54. The van der Waals surface area contributed by atoms with Gasteiger partial charge in [-0.15, -0.1) is 0 Å². The van der Waals surface area contributed by atoms with Gasteiger partial charge in [0.15, 0.2) is 11.5 Å². The van der Waals surface area contributed by atoms with Crippen LogP contribution in [0.2, 0.25) is 0 Å². The molecule has 3 rings (SSSR count). The lowest BCUT2D eigenvalue weighted by Gasteiger charge is -2.28. The molecule has 2 aromatic rings. The van der Waals surface area contributed by atoms with E-state index in [0.29, 0.717) is 23.5 Å². The standard InChI is InChI=1S/C18H17BrF3NO2/c19-14-4-5-16(17(9-14)25-15-10-23-11-15)24-7-6-12-2-1-3-13(8-12)18(20,21)22/h1-5,8-9,15,23H,6-7,10-11H2. The van der Waals surface area contributed by atoms with Crippen LogP contribution >= 0.6 is 15.9 Å². The SMILES string of the molecule is FC(F)(F)c1cccc(CCOc2ccc(Br)cc2OC2CNC2)c1. The molecule has 0 atom stereocenters. The van der Waals surface area contributed by atoms with Crippen molar-refractivity contribution in [2.75, 3.05) is 19.7 Å². The molecule has 0 aliphatic carbocycles. The minimum atomic E-state index is -4.33. The molecule has 1 N–H and O–H groups in total. The normalized spacial score (nSPS) is 14.9. The van der Waals surface area contributed by atoms with Crippen LogP contribution in [0.25, 0.3) is 0 Å². The fourth-order valence-corrected chi connectivity index (χ4v) is 2.74. The molecule has 134 valence electrons. The van der Waals surface area contributed by atoms with Crippen molar-refractivity contribution in [1.82, 2.24) is 5.32 Å². The second-order valence-corrected chi connectivity index (χ2v) is 6.70. The summed E-state index contributed by atoms with van der Waals surface area (Å²) in [6.07, 6.45) is -3.84. The predicted molar refractivity (Wildman–Crippen MR) is 92.1 cm³/mol. The molecule has 0 saturated carbocycles. The van der Waals surface area contributed by atoms with Gasteiger partial charge in [0.1, 0.15) is 6.10 Å². The lowest BCUT2D eigenvalue weighted by molar-refractivity contribution is -0.137. The van der Waals surface area contributed by atoms with Crippen LogP contribution in [0.5, 0.6) is 11.5 Å². The average molecular weight is 416 g/mol. The molecule has 0 aromatic heterocycles. The van der Waals surface area contributed by atoms with Crippen LogP contribution < -0.4 is 14.8 Å². The van der Waals surface area contributed by atoms with Crippen LogP contribution in [0.1, 0.15) is 11.1 Å². The Labute approximate surface area is 152 Å². The summed E-state index contributed by atoms with van der Waals surface area (Å²) in [7, 11) is 0. The highest BCUT2D eigenvalue weighted by Gasteiger charge is 2.30. The lowest BCUT2D eigenvalue weighted by Crippen LogP contribution is -2.50. The van der Waals surface area contributed by atoms with E-state index in [0.717, 1.165) is 29.7 Å². The highest BCUT2D eigenvalue weighted by Crippen LogP contribution is 2.32. The molecule has 0 unspecified atom stereocenters. The van der Waals surface area contributed by atoms with Crippen molar-refractivity contribution >= 4 is 15.9 Å². The van der Waals surface area contributed by atoms with Crippen LogP contribution in [0, 0.1) is 0 Å². The van der Waals surface area contributed by atoms with Gasteiger partial charge in [0.2, 0.25) is 0 Å². The van der Waals surface area contributed by atoms with Gasteiger partial charge in [0, 0.05) is 24.0 Å². The Morgan fingerprint density at radius 3 is 2.56 bits per heavy atom. The zero-order valence-electron chi connectivity index (χ0n) is 13.3. The number of hydrogen-bond donors (Lipinski definition) is 1. The van der Waals surface area contributed by atoms with E-state index >= 15 is 0 Å². The lowest BCUT2D eigenvalue weighted by atomic mass is 10.1. The highest BCUT2D eigenvalue weighted by atomic mass is 79.9. The summed E-state index contributed by atoms with van der Waals surface area (Å²) in [6.45, 7) is 1.84. The van der Waals surface area contributed by atoms with Crippen molar-refractivity contribution in [3.63, 3.8) is 0 Å². The first-order valence-corrected chi connectivity index (χ1v) is 8.67. The molecule has 1 aliphatic heterocycles. The van der Waals surface area contributed by atoms with Gasteiger partial charge in [0.05, 0.1) is 12.2 Å². The zero-order valence-corrected chi connectivity index (χ0v) is 14.9. The van der Waals surface area contributed by atoms with E-state index in [1.54, 1.807) is 12.1 Å². The summed E-state index contributed by atoms with van der Waals surface area (Å²) < 4.78 is 50.7. The first kappa shape index (κ1) is 18.1. The largest absolute Gasteiger partial charge is 0.489 e. The van der Waals surface area contributed by atoms with Gasteiger partial charge in [0.25, 0.3) is 0 Å². The van der Waals surface area contributed by atoms with Crippen molar-refractivity contribution < 1.29 is 22.6 Å². The van der Waals surface area contributed by atoms with E-state index < -0.39 is 11.7 Å². The molecule has 1 heterocycles. The van der Waals surface area contributed by atoms with Crippen LogP contribution in [0.3, 0.4) is 0 Å². The first-order chi connectivity index (χ1) is 11.9. The Bertz CT molecular complexity index is 733. The van der Waals surface area contributed by atoms with Crippen molar-refractivity contribution in [1.29, 1.82) is 0 Å². The Hall–Kier alpha value is -1.73. The summed E-state index contributed by atoms with van der Waals surface area (Å²) in [6, 6.07) is 10.8. The van der Waals surface area contributed by atoms with Crippen LogP contribution in [-0.4, -0.2) is 25.8 Å². The average Bonchev–Trinajstić information content (AvgIpc) is 2.52. The fourth-order valence-electron chi connectivity index (χ4n) is 2.40. The second-order valence-electron chi connectivity index (χ2n) is 5.79. The maximum atomic E-state index is 12.7. The van der Waals surface area contributed by atoms with Crippen LogP contribution in [-0.2, 0) is 12.6 Å². The minimum absolute atomic E-state index is 0.111. The number of rotatable bonds is 6. The van der Waals surface area contributed by atoms with E-state index in [2.05, 4.69) is 21.2 Å². The molecular weight excluding hydrogens is 399 g/mol. The van der Waals surface area contributed by atoms with E-state index in [1.807, 2.05) is 12.1 Å². The number of halogens is 4. The van der Waals surface area contributed by atoms with Gasteiger partial charge in [-0.05, 0) is 29.8 Å². The van der Waals surface area contributed by atoms with Gasteiger partial charge in [-0.1, -0.05) is 34.1 Å². The first-order valence-electron chi connectivity index (χ1n) is 7.88. The third kappa shape index (κ3) is 4.89. The van der Waals surface area contributed by atoms with Gasteiger partial charge < -0.3 is 14.8 Å². The molecule has 0 spiro atoms. The molecule has 1 aliphatic rings. The Morgan fingerprint density at radius 1 is 1.08 bits per heavy atom. The minimum Gasteiger partial charge on any atom is -0.489 e. The molecule has 25 heavy (non-hydrogen) atoms. The summed E-state index contributed by atoms with van der Waals surface area (Å²) >= 11 is 3.40. The van der Waals surface area contributed by atoms with Crippen LogP contribution in [0.4, 0.5) is 13.2 Å². The molecule has 0 amide bonds. The number of benzene rings is 2. The van der Waals surface area contributed by atoms with Gasteiger partial charge in [-0.3, -0.25) is 0 Å². The molecule has 1 saturated heterocycles. The molecule has 1 fully saturated rings. The number of hydrogen-bond acceptors (Lipinski definition) is 3. The van der Waals surface area contributed by atoms with Crippen molar-refractivity contribution in [3.8, 4) is 11.5 Å². The Balaban J connectivity index is 1.62. The summed E-state index contributed by atoms with van der Waals surface area (Å²) in [4.78, 5) is 0. The quantitative estimate of drug-likeness (QED) is 0.756. The topological polar surface area (TPSA) is 30.5 Å². The highest BCUT2D eigenvalue weighted by molar-refractivity contribution is 9.10. The smallest absolute Gasteiger partial charge is 0.416 e. The van der Waals surface area contributed by atoms with Crippen LogP contribution in [0.15, 0.2) is 46.9 Å². The van der Waals surface area contributed by atoms with Crippen molar-refractivity contribution in [2.24, 2.45) is 0 Å². The maximum absolute atomic E-state index is 12.7. The van der Waals surface area contributed by atoms with E-state index in [4.69, 9.17) is 9.47 Å². The van der Waals surface area contributed by atoms with Gasteiger partial charge in [-0.25, -0.2) is 0 Å². The maximum Gasteiger partial charge on any atom is 0.416 e. The predicted octanol–water partition coefficient (Wildman–Crippen LogP) is 4.44. The van der Waals surface area contributed by atoms with Gasteiger partial charge >= 0.3 is 6.18 Å². The van der Waals surface area contributed by atoms with E-state index in [9.17, 15) is 13.2 Å². The zero-order chi connectivity index (χ0) is 17.9. The number of ether oxygens (including phenoxy) is 2. The third-order valence-corrected chi connectivity index (χ3v) is 4.34. The summed E-state index contributed by atoms with van der Waals surface area (Å²) in [5.41, 5.74) is -0.0623. The fraction of sp³-hybridized carbons (Fsp3) is 0.333. The molecule has 2 aromatic carbocycles. The number of nitrogens with one attached hydrogen (secondary N) is 1. The summed E-state index contributed by atoms with van der Waals surface area (Å²) in [5, 5.41) is 3.13. The molecule has 3 nitrogen and oxygen atoms in total. The monoisotopic (exact) mass is 415 g/mol. The van der Waals surface area contributed by atoms with E-state index in [-0.39, 0.29) is 12.7 Å². The third-order valence-electron chi connectivity index (χ3n) is 3.85. The second kappa shape index (κ2) is 7.66. The molecule has 0 radical (unpaired) electrons. The Morgan fingerprint density at radius 2 is 1.88 bits per heavy atom. The van der Waals surface area contributed by atoms with E-state index in [1.165, 1.54) is 6.07 Å². The van der Waals surface area contributed by atoms with Crippen molar-refractivity contribution in [3.05, 3.63) is 58.1 Å². The van der Waals surface area contributed by atoms with Gasteiger partial charge in [-0.2, -0.15) is 13.2 Å². The van der Waals surface area contributed by atoms with Crippen molar-refractivity contribution in [2.45, 2.75) is 18.7 Å². The number of alkyl halides is 3. The molecular formula is C18H17BrF3NO2. The molecule has 0 bridgehead atoms. The summed E-state index contributed by atoms with van der Waals surface area (Å²) in [5.74, 6) is 1.21. The molecule has 7 heteroatoms.